The lowest BCUT2D eigenvalue weighted by atomic mass is 9.85. The van der Waals surface area contributed by atoms with Crippen LogP contribution in [0.5, 0.6) is 5.75 Å². The standard InChI is InChI=1S/C62H54N2O3/c1-38-22-30-44(31-23-38)63(54-20-11-15-43-14-9-10-18-50(61(4,5)6)40(3)66-58(43)54)52-36-28-41-27-35-49-53(37-29-42-26-34-48(52)56(41)57(42)49)64(45-32-24-39(2)25-33-45)55-21-13-17-47-46-16-12-19-51(62(7,8)65)59(46)67-60(47)55/h9-13,15-37,65H,3,14H2,1-2,4-8H3/b10-9-,50-18+. The fraction of sp³-hybridized carbons (Fsp3) is 0.161. The first-order valence-corrected chi connectivity index (χ1v) is 23.2. The van der Waals surface area contributed by atoms with Crippen LogP contribution in [-0.4, -0.2) is 5.11 Å². The van der Waals surface area contributed by atoms with Crippen LogP contribution in [0.4, 0.5) is 34.1 Å². The summed E-state index contributed by atoms with van der Waals surface area (Å²) in [4.78, 5) is 4.70. The van der Waals surface area contributed by atoms with Crippen LogP contribution in [-0.2, 0) is 12.0 Å². The van der Waals surface area contributed by atoms with Gasteiger partial charge in [-0.15, -0.1) is 0 Å². The number of hydrogen-bond donors (Lipinski definition) is 1. The number of fused-ring (bicyclic) bond motifs is 4. The zero-order chi connectivity index (χ0) is 46.4. The first-order valence-electron chi connectivity index (χ1n) is 23.2. The Hall–Kier alpha value is -7.60. The Bertz CT molecular complexity index is 3630. The Balaban J connectivity index is 1.16. The molecule has 67 heavy (non-hydrogen) atoms. The van der Waals surface area contributed by atoms with Crippen LogP contribution in [0.2, 0.25) is 0 Å². The van der Waals surface area contributed by atoms with Crippen molar-refractivity contribution in [3.05, 3.63) is 210 Å². The van der Waals surface area contributed by atoms with Crippen molar-refractivity contribution in [3.63, 3.8) is 0 Å². The number of furan rings is 1. The third kappa shape index (κ3) is 7.13. The molecule has 330 valence electrons. The average molecular weight is 875 g/mol. The Kier molecular flexibility index (Phi) is 9.91. The second-order valence-corrected chi connectivity index (χ2v) is 19.7. The van der Waals surface area contributed by atoms with Crippen LogP contribution < -0.4 is 14.5 Å². The van der Waals surface area contributed by atoms with Crippen LogP contribution in [0.15, 0.2) is 192 Å². The maximum atomic E-state index is 11.3. The normalized spacial score (nSPS) is 14.7. The van der Waals surface area contributed by atoms with Gasteiger partial charge >= 0.3 is 0 Å². The lowest BCUT2D eigenvalue weighted by Crippen LogP contribution is -2.16. The third-order valence-corrected chi connectivity index (χ3v) is 13.5. The van der Waals surface area contributed by atoms with Crippen LogP contribution in [0.1, 0.15) is 56.9 Å². The summed E-state index contributed by atoms with van der Waals surface area (Å²) in [5.74, 6) is 1.44. The van der Waals surface area contributed by atoms with Gasteiger partial charge in [-0.2, -0.15) is 0 Å². The molecule has 0 bridgehead atoms. The lowest BCUT2D eigenvalue weighted by Gasteiger charge is -2.31. The van der Waals surface area contributed by atoms with Gasteiger partial charge in [0.1, 0.15) is 11.3 Å². The Morgan fingerprint density at radius 3 is 1.64 bits per heavy atom. The fourth-order valence-corrected chi connectivity index (χ4v) is 10.2. The number of anilines is 6. The van der Waals surface area contributed by atoms with E-state index in [0.717, 1.165) is 94.5 Å². The lowest BCUT2D eigenvalue weighted by molar-refractivity contribution is 0.0792. The highest BCUT2D eigenvalue weighted by Crippen LogP contribution is 2.51. The number of allylic oxidation sites excluding steroid dienone is 4. The van der Waals surface area contributed by atoms with E-state index < -0.39 is 5.60 Å². The molecule has 0 atom stereocenters. The van der Waals surface area contributed by atoms with Gasteiger partial charge in [0.05, 0.1) is 28.4 Å². The van der Waals surface area contributed by atoms with Gasteiger partial charge in [0.2, 0.25) is 0 Å². The molecule has 1 aliphatic rings. The Morgan fingerprint density at radius 1 is 0.537 bits per heavy atom. The monoisotopic (exact) mass is 874 g/mol. The molecule has 10 aromatic rings. The van der Waals surface area contributed by atoms with Gasteiger partial charge in [0.15, 0.2) is 11.3 Å². The van der Waals surface area contributed by atoms with Crippen LogP contribution in [0.25, 0.3) is 54.3 Å². The molecule has 0 spiro atoms. The van der Waals surface area contributed by atoms with E-state index in [2.05, 4.69) is 209 Å². The van der Waals surface area contributed by atoms with Gasteiger partial charge in [-0.1, -0.05) is 160 Å². The van der Waals surface area contributed by atoms with E-state index >= 15 is 0 Å². The first kappa shape index (κ1) is 42.1. The number of aryl methyl sites for hydroxylation is 2. The van der Waals surface area contributed by atoms with Crippen molar-refractivity contribution in [2.24, 2.45) is 5.41 Å². The summed E-state index contributed by atoms with van der Waals surface area (Å²) in [5.41, 5.74) is 11.4. The number of hydrogen-bond acceptors (Lipinski definition) is 5. The van der Waals surface area contributed by atoms with Crippen molar-refractivity contribution in [3.8, 4) is 5.75 Å². The zero-order valence-corrected chi connectivity index (χ0v) is 39.2. The van der Waals surface area contributed by atoms with E-state index in [4.69, 9.17) is 9.15 Å². The largest absolute Gasteiger partial charge is 0.455 e. The van der Waals surface area contributed by atoms with E-state index in [1.807, 2.05) is 26.0 Å². The summed E-state index contributed by atoms with van der Waals surface area (Å²) in [6, 6.07) is 54.5. The number of aliphatic hydroxyl groups is 1. The van der Waals surface area contributed by atoms with Gasteiger partial charge in [0, 0.05) is 44.0 Å². The number of benzene rings is 9. The summed E-state index contributed by atoms with van der Waals surface area (Å²) in [7, 11) is 0. The number of ether oxygens (including phenoxy) is 1. The van der Waals surface area contributed by atoms with Crippen LogP contribution in [0, 0.1) is 19.3 Å². The van der Waals surface area contributed by atoms with Crippen molar-refractivity contribution < 1.29 is 14.3 Å². The molecule has 0 fully saturated rings. The first-order chi connectivity index (χ1) is 32.2. The number of nitrogens with zero attached hydrogens (tertiary/aromatic N) is 2. The molecular formula is C62H54N2O3. The topological polar surface area (TPSA) is 49.1 Å². The molecule has 5 nitrogen and oxygen atoms in total. The maximum Gasteiger partial charge on any atom is 0.159 e. The summed E-state index contributed by atoms with van der Waals surface area (Å²) < 4.78 is 13.9. The van der Waals surface area contributed by atoms with Gasteiger partial charge in [-0.05, 0) is 115 Å². The quantitative estimate of drug-likeness (QED) is 0.162. The SMILES string of the molecule is C=C1Oc2c(cccc2N(c2ccc(C)cc2)c2ccc3ccc4c(N(c5ccc(C)cc5)c5cccc6c5oc5c(C(C)(C)O)cccc56)ccc5ccc2c3c54)C/C=C\C=C/1C(C)(C)C. The van der Waals surface area contributed by atoms with E-state index in [1.165, 1.54) is 21.9 Å². The predicted octanol–water partition coefficient (Wildman–Crippen LogP) is 17.2. The minimum atomic E-state index is -1.09. The summed E-state index contributed by atoms with van der Waals surface area (Å²) in [6.07, 6.45) is 7.20. The molecule has 0 amide bonds. The van der Waals surface area contributed by atoms with Crippen LogP contribution >= 0.6 is 0 Å². The Morgan fingerprint density at radius 2 is 1.06 bits per heavy atom. The van der Waals surface area contributed by atoms with E-state index in [9.17, 15) is 5.11 Å². The highest BCUT2D eigenvalue weighted by molar-refractivity contribution is 6.28. The molecular weight excluding hydrogens is 821 g/mol. The van der Waals surface area contributed by atoms with Gasteiger partial charge in [-0.3, -0.25) is 0 Å². The second-order valence-electron chi connectivity index (χ2n) is 19.7. The average Bonchev–Trinajstić information content (AvgIpc) is 3.73. The smallest absolute Gasteiger partial charge is 0.159 e. The molecule has 0 saturated heterocycles. The number of para-hydroxylation sites is 3. The summed E-state index contributed by atoms with van der Waals surface area (Å²) >= 11 is 0. The summed E-state index contributed by atoms with van der Waals surface area (Å²) in [6.45, 7) is 19.0. The molecule has 0 radical (unpaired) electrons. The highest BCUT2D eigenvalue weighted by atomic mass is 16.5. The van der Waals surface area contributed by atoms with E-state index in [-0.39, 0.29) is 5.41 Å². The fourth-order valence-electron chi connectivity index (χ4n) is 10.2. The molecule has 1 aliphatic heterocycles. The molecule has 0 unspecified atom stereocenters. The maximum absolute atomic E-state index is 11.3. The molecule has 0 saturated carbocycles. The van der Waals surface area contributed by atoms with Crippen molar-refractivity contribution in [2.45, 2.75) is 60.5 Å². The molecule has 0 aliphatic carbocycles. The van der Waals surface area contributed by atoms with Crippen molar-refractivity contribution >= 4 is 88.4 Å². The highest BCUT2D eigenvalue weighted by Gasteiger charge is 2.29. The van der Waals surface area contributed by atoms with E-state index in [1.54, 1.807) is 0 Å². The minimum Gasteiger partial charge on any atom is -0.455 e. The van der Waals surface area contributed by atoms with Crippen molar-refractivity contribution in [1.82, 2.24) is 0 Å². The molecule has 1 aromatic heterocycles. The van der Waals surface area contributed by atoms with Gasteiger partial charge < -0.3 is 24.1 Å². The molecule has 11 rings (SSSR count). The van der Waals surface area contributed by atoms with Gasteiger partial charge in [0.25, 0.3) is 0 Å². The minimum absolute atomic E-state index is 0.170. The molecule has 1 N–H and O–H groups in total. The zero-order valence-electron chi connectivity index (χ0n) is 39.2. The second kappa shape index (κ2) is 15.8. The predicted molar refractivity (Wildman–Crippen MR) is 282 cm³/mol. The van der Waals surface area contributed by atoms with Crippen LogP contribution in [0.3, 0.4) is 0 Å². The molecule has 2 heterocycles. The van der Waals surface area contributed by atoms with Crippen molar-refractivity contribution in [1.29, 1.82) is 0 Å². The summed E-state index contributed by atoms with van der Waals surface area (Å²) in [5, 5.41) is 20.2. The van der Waals surface area contributed by atoms with E-state index in [0.29, 0.717) is 17.8 Å². The number of rotatable bonds is 7. The third-order valence-electron chi connectivity index (χ3n) is 13.5. The van der Waals surface area contributed by atoms with Gasteiger partial charge in [-0.25, -0.2) is 0 Å². The Labute approximate surface area is 392 Å². The molecule has 5 heteroatoms. The molecule has 9 aromatic carbocycles. The van der Waals surface area contributed by atoms with Crippen molar-refractivity contribution in [2.75, 3.05) is 9.80 Å².